The van der Waals surface area contributed by atoms with Gasteiger partial charge in [0.1, 0.15) is 0 Å². The molecule has 2 fully saturated rings. The molecule has 0 bridgehead atoms. The van der Waals surface area contributed by atoms with E-state index in [2.05, 4.69) is 46.4 Å². The highest BCUT2D eigenvalue weighted by atomic mass is 32.2. The molecule has 0 aromatic rings. The van der Waals surface area contributed by atoms with Crippen molar-refractivity contribution in [3.05, 3.63) is 0 Å². The van der Waals surface area contributed by atoms with Gasteiger partial charge in [0, 0.05) is 61.3 Å². The van der Waals surface area contributed by atoms with E-state index in [0.29, 0.717) is 28.9 Å². The van der Waals surface area contributed by atoms with Gasteiger partial charge in [-0.1, -0.05) is 12.8 Å². The summed E-state index contributed by atoms with van der Waals surface area (Å²) in [7, 11) is -1.51. The average molecular weight is 490 g/mol. The zero-order chi connectivity index (χ0) is 23.9. The van der Waals surface area contributed by atoms with E-state index in [4.69, 9.17) is 5.11 Å². The summed E-state index contributed by atoms with van der Waals surface area (Å²) in [6.45, 7) is 16.3. The highest BCUT2D eigenvalue weighted by Crippen LogP contribution is 2.36. The number of aliphatic hydroxyl groups is 1. The lowest BCUT2D eigenvalue weighted by Gasteiger charge is -2.29. The third kappa shape index (κ3) is 9.11. The fraction of sp³-hybridized carbons (Fsp3) is 1.00. The van der Waals surface area contributed by atoms with Gasteiger partial charge in [-0.25, -0.2) is 0 Å². The van der Waals surface area contributed by atoms with Gasteiger partial charge in [0.05, 0.1) is 0 Å². The lowest BCUT2D eigenvalue weighted by molar-refractivity contribution is 0.195. The van der Waals surface area contributed by atoms with Crippen LogP contribution in [0.1, 0.15) is 106 Å². The second-order valence-corrected chi connectivity index (χ2v) is 17.3. The molecule has 1 N–H and O–H groups in total. The Morgan fingerprint density at radius 1 is 0.719 bits per heavy atom. The summed E-state index contributed by atoms with van der Waals surface area (Å²) in [5.41, 5.74) is 0. The van der Waals surface area contributed by atoms with Crippen LogP contribution in [-0.4, -0.2) is 64.7 Å². The molecule has 6 unspecified atom stereocenters. The normalized spacial score (nSPS) is 29.0. The molecule has 0 aromatic heterocycles. The minimum Gasteiger partial charge on any atom is -0.396 e. The Balaban J connectivity index is 1.90. The molecule has 4 nitrogen and oxygen atoms in total. The molecule has 0 radical (unpaired) electrons. The maximum Gasteiger partial charge on any atom is 0.0431 e. The van der Waals surface area contributed by atoms with Crippen LogP contribution < -0.4 is 0 Å². The van der Waals surface area contributed by atoms with Crippen LogP contribution >= 0.6 is 0 Å². The van der Waals surface area contributed by atoms with Crippen molar-refractivity contribution < 1.29 is 13.5 Å². The second kappa shape index (κ2) is 12.8. The van der Waals surface area contributed by atoms with E-state index in [9.17, 15) is 8.42 Å². The largest absolute Gasteiger partial charge is 0.396 e. The van der Waals surface area contributed by atoms with Gasteiger partial charge < -0.3 is 10.0 Å². The van der Waals surface area contributed by atoms with Gasteiger partial charge >= 0.3 is 0 Å². The quantitative estimate of drug-likeness (QED) is 0.379. The number of hydrogen-bond acceptors (Lipinski definition) is 4. The highest BCUT2D eigenvalue weighted by Gasteiger charge is 2.37. The standard InChI is InChI=1S/C26H51NO3S2/c1-25(2,3)31(29)23-13-11-21(17-23)19-27(15-9-7-8-10-16-28)20-22-12-14-24(18-22)32(30)26(4,5)6/h21-24,28H,7-20H2,1-6H3. The Bertz CT molecular complexity index is 565. The predicted octanol–water partition coefficient (Wildman–Crippen LogP) is 5.27. The molecular weight excluding hydrogens is 438 g/mol. The Labute approximate surface area is 203 Å². The number of rotatable bonds is 12. The van der Waals surface area contributed by atoms with Crippen LogP contribution in [0.15, 0.2) is 0 Å². The summed E-state index contributed by atoms with van der Waals surface area (Å²) in [6, 6.07) is 0. The van der Waals surface area contributed by atoms with E-state index in [1.54, 1.807) is 0 Å². The van der Waals surface area contributed by atoms with Crippen LogP contribution in [0.3, 0.4) is 0 Å². The van der Waals surface area contributed by atoms with Crippen molar-refractivity contribution in [2.75, 3.05) is 26.2 Å². The minimum atomic E-state index is -0.756. The SMILES string of the molecule is CC(C)(C)S(=O)C1CCC(CN(CCCCCCO)CC2CCC(S(=O)C(C)(C)C)C2)C1. The maximum atomic E-state index is 12.9. The Kier molecular flexibility index (Phi) is 11.4. The van der Waals surface area contributed by atoms with Crippen molar-refractivity contribution >= 4 is 21.6 Å². The predicted molar refractivity (Wildman–Crippen MR) is 140 cm³/mol. The summed E-state index contributed by atoms with van der Waals surface area (Å²) in [4.78, 5) is 2.68. The molecule has 2 aliphatic carbocycles. The Morgan fingerprint density at radius 2 is 1.16 bits per heavy atom. The first-order valence-electron chi connectivity index (χ1n) is 13.1. The van der Waals surface area contributed by atoms with Crippen LogP contribution in [0.25, 0.3) is 0 Å². The van der Waals surface area contributed by atoms with Gasteiger partial charge in [-0.05, 0) is 111 Å². The maximum absolute atomic E-state index is 12.9. The van der Waals surface area contributed by atoms with Crippen molar-refractivity contribution in [3.8, 4) is 0 Å². The van der Waals surface area contributed by atoms with Gasteiger partial charge in [0.25, 0.3) is 0 Å². The third-order valence-corrected chi connectivity index (χ3v) is 11.7. The molecule has 6 atom stereocenters. The second-order valence-electron chi connectivity index (χ2n) is 12.3. The summed E-state index contributed by atoms with van der Waals surface area (Å²) >= 11 is 0. The molecule has 0 spiro atoms. The number of aliphatic hydroxyl groups excluding tert-OH is 1. The van der Waals surface area contributed by atoms with Crippen LogP contribution in [-0.2, 0) is 21.6 Å². The van der Waals surface area contributed by atoms with Crippen LogP contribution in [0.5, 0.6) is 0 Å². The zero-order valence-electron chi connectivity index (χ0n) is 21.7. The summed E-state index contributed by atoms with van der Waals surface area (Å²) in [5.74, 6) is 1.31. The Morgan fingerprint density at radius 3 is 1.56 bits per heavy atom. The highest BCUT2D eigenvalue weighted by molar-refractivity contribution is 7.87. The molecular formula is C26H51NO3S2. The third-order valence-electron chi connectivity index (χ3n) is 7.21. The van der Waals surface area contributed by atoms with E-state index in [1.807, 2.05) is 0 Å². The van der Waals surface area contributed by atoms with Crippen molar-refractivity contribution in [2.24, 2.45) is 11.8 Å². The molecule has 0 amide bonds. The van der Waals surface area contributed by atoms with Crippen LogP contribution in [0, 0.1) is 11.8 Å². The molecule has 2 rings (SSSR count). The average Bonchev–Trinajstić information content (AvgIpc) is 3.34. The van der Waals surface area contributed by atoms with Crippen LogP contribution in [0.2, 0.25) is 0 Å². The smallest absolute Gasteiger partial charge is 0.0431 e. The van der Waals surface area contributed by atoms with Gasteiger partial charge in [0.2, 0.25) is 0 Å². The van der Waals surface area contributed by atoms with E-state index in [-0.39, 0.29) is 9.49 Å². The molecule has 2 saturated carbocycles. The van der Waals surface area contributed by atoms with E-state index in [1.165, 1.54) is 25.7 Å². The molecule has 0 saturated heterocycles. The molecule has 0 aromatic carbocycles. The van der Waals surface area contributed by atoms with E-state index >= 15 is 0 Å². The lowest BCUT2D eigenvalue weighted by atomic mass is 10.0. The Hall–Kier alpha value is 0.220. The van der Waals surface area contributed by atoms with Gasteiger partial charge in [-0.3, -0.25) is 8.42 Å². The summed E-state index contributed by atoms with van der Waals surface area (Å²) in [6.07, 6.45) is 11.2. The topological polar surface area (TPSA) is 57.6 Å². The first-order valence-corrected chi connectivity index (χ1v) is 15.5. The van der Waals surface area contributed by atoms with Crippen molar-refractivity contribution in [1.29, 1.82) is 0 Å². The number of unbranched alkanes of at least 4 members (excludes halogenated alkanes) is 3. The van der Waals surface area contributed by atoms with E-state index in [0.717, 1.165) is 58.2 Å². The fourth-order valence-corrected chi connectivity index (χ4v) is 9.16. The molecule has 32 heavy (non-hydrogen) atoms. The molecule has 2 aliphatic rings. The monoisotopic (exact) mass is 489 g/mol. The number of nitrogens with zero attached hydrogens (tertiary/aromatic N) is 1. The minimum absolute atomic E-state index is 0.118. The van der Waals surface area contributed by atoms with Crippen molar-refractivity contribution in [1.82, 2.24) is 4.90 Å². The van der Waals surface area contributed by atoms with Crippen LogP contribution in [0.4, 0.5) is 0 Å². The molecule has 0 aliphatic heterocycles. The summed E-state index contributed by atoms with van der Waals surface area (Å²) < 4.78 is 25.5. The zero-order valence-corrected chi connectivity index (χ0v) is 23.4. The number of hydrogen-bond donors (Lipinski definition) is 1. The van der Waals surface area contributed by atoms with Gasteiger partial charge in [0.15, 0.2) is 0 Å². The summed E-state index contributed by atoms with van der Waals surface area (Å²) in [5, 5.41) is 9.76. The molecule has 190 valence electrons. The lowest BCUT2D eigenvalue weighted by Crippen LogP contribution is -2.35. The first-order chi connectivity index (χ1) is 14.9. The van der Waals surface area contributed by atoms with E-state index < -0.39 is 21.6 Å². The molecule has 6 heteroatoms. The first kappa shape index (κ1) is 28.5. The van der Waals surface area contributed by atoms with Gasteiger partial charge in [-0.2, -0.15) is 0 Å². The van der Waals surface area contributed by atoms with Gasteiger partial charge in [-0.15, -0.1) is 0 Å². The van der Waals surface area contributed by atoms with Crippen molar-refractivity contribution in [2.45, 2.75) is 126 Å². The fourth-order valence-electron chi connectivity index (χ4n) is 5.57. The van der Waals surface area contributed by atoms with Crippen molar-refractivity contribution in [3.63, 3.8) is 0 Å². The molecule has 0 heterocycles.